The third-order valence-corrected chi connectivity index (χ3v) is 6.79. The number of amides is 2. The molecular formula is C25H29ClN2O4. The van der Waals surface area contributed by atoms with E-state index in [1.807, 2.05) is 11.0 Å². The van der Waals surface area contributed by atoms with E-state index < -0.39 is 0 Å². The molecule has 0 unspecified atom stereocenters. The predicted octanol–water partition coefficient (Wildman–Crippen LogP) is 5.02. The Balaban J connectivity index is 1.37. The molecule has 2 fully saturated rings. The van der Waals surface area contributed by atoms with Gasteiger partial charge in [0.1, 0.15) is 11.5 Å². The largest absolute Gasteiger partial charge is 0.495 e. The highest BCUT2D eigenvalue weighted by Crippen LogP contribution is 2.37. The first kappa shape index (κ1) is 22.5. The second kappa shape index (κ2) is 10.3. The Bertz CT molecular complexity index is 980. The van der Waals surface area contributed by atoms with Gasteiger partial charge in [-0.05, 0) is 55.0 Å². The maximum atomic E-state index is 13.2. The molecule has 2 atom stereocenters. The summed E-state index contributed by atoms with van der Waals surface area (Å²) >= 11 is 6.11. The van der Waals surface area contributed by atoms with Crippen molar-refractivity contribution in [1.82, 2.24) is 4.90 Å². The Morgan fingerprint density at radius 2 is 1.84 bits per heavy atom. The number of carbonyl (C=O) groups is 2. The number of fused-ring (bicyclic) bond motifs is 1. The topological polar surface area (TPSA) is 67.9 Å². The van der Waals surface area contributed by atoms with E-state index in [0.29, 0.717) is 33.7 Å². The second-order valence-corrected chi connectivity index (χ2v) is 8.93. The predicted molar refractivity (Wildman–Crippen MR) is 125 cm³/mol. The molecule has 0 radical (unpaired) electrons. The third kappa shape index (κ3) is 5.18. The van der Waals surface area contributed by atoms with Gasteiger partial charge in [-0.15, -0.1) is 0 Å². The molecular weight excluding hydrogens is 428 g/mol. The fourth-order valence-electron chi connectivity index (χ4n) is 4.81. The van der Waals surface area contributed by atoms with Crippen molar-refractivity contribution in [2.45, 2.75) is 32.1 Å². The smallest absolute Gasteiger partial charge is 0.262 e. The molecule has 0 spiro atoms. The van der Waals surface area contributed by atoms with Crippen LogP contribution in [0.3, 0.4) is 0 Å². The molecule has 1 aliphatic carbocycles. The van der Waals surface area contributed by atoms with Gasteiger partial charge >= 0.3 is 0 Å². The highest BCUT2D eigenvalue weighted by molar-refractivity contribution is 6.32. The molecule has 1 saturated carbocycles. The van der Waals surface area contributed by atoms with Crippen LogP contribution in [0.5, 0.6) is 11.5 Å². The summed E-state index contributed by atoms with van der Waals surface area (Å²) in [6, 6.07) is 12.1. The molecule has 1 saturated heterocycles. The first-order valence-electron chi connectivity index (χ1n) is 11.2. The van der Waals surface area contributed by atoms with Crippen LogP contribution < -0.4 is 14.8 Å². The molecule has 170 valence electrons. The van der Waals surface area contributed by atoms with Crippen LogP contribution in [-0.4, -0.2) is 43.5 Å². The van der Waals surface area contributed by atoms with Crippen LogP contribution in [0.15, 0.2) is 42.5 Å². The van der Waals surface area contributed by atoms with E-state index in [1.54, 1.807) is 36.4 Å². The molecule has 32 heavy (non-hydrogen) atoms. The van der Waals surface area contributed by atoms with Gasteiger partial charge in [0.25, 0.3) is 11.8 Å². The lowest BCUT2D eigenvalue weighted by molar-refractivity contribution is -0.118. The molecule has 2 aliphatic rings. The molecule has 2 amide bonds. The van der Waals surface area contributed by atoms with Crippen molar-refractivity contribution >= 4 is 29.1 Å². The van der Waals surface area contributed by atoms with Crippen LogP contribution in [0.25, 0.3) is 0 Å². The highest BCUT2D eigenvalue weighted by atomic mass is 35.5. The molecule has 1 aliphatic heterocycles. The van der Waals surface area contributed by atoms with Gasteiger partial charge in [-0.25, -0.2) is 0 Å². The maximum absolute atomic E-state index is 13.2. The summed E-state index contributed by atoms with van der Waals surface area (Å²) in [4.78, 5) is 27.6. The minimum absolute atomic E-state index is 0.0213. The number of para-hydroxylation sites is 1. The molecule has 1 heterocycles. The molecule has 4 rings (SSSR count). The number of halogens is 1. The van der Waals surface area contributed by atoms with Crippen molar-refractivity contribution in [3.63, 3.8) is 0 Å². The summed E-state index contributed by atoms with van der Waals surface area (Å²) in [6.07, 6.45) is 6.16. The van der Waals surface area contributed by atoms with Gasteiger partial charge in [0, 0.05) is 18.8 Å². The van der Waals surface area contributed by atoms with E-state index in [2.05, 4.69) is 5.32 Å². The summed E-state index contributed by atoms with van der Waals surface area (Å²) in [6.45, 7) is 1.39. The van der Waals surface area contributed by atoms with E-state index in [-0.39, 0.29) is 18.4 Å². The zero-order valence-electron chi connectivity index (χ0n) is 18.3. The number of piperidine rings is 1. The Morgan fingerprint density at radius 3 is 2.62 bits per heavy atom. The number of ether oxygens (including phenoxy) is 2. The molecule has 2 aromatic rings. The van der Waals surface area contributed by atoms with Crippen molar-refractivity contribution < 1.29 is 19.1 Å². The van der Waals surface area contributed by atoms with E-state index in [1.165, 1.54) is 32.8 Å². The van der Waals surface area contributed by atoms with Crippen molar-refractivity contribution in [2.24, 2.45) is 11.8 Å². The van der Waals surface area contributed by atoms with E-state index in [0.717, 1.165) is 25.4 Å². The first-order chi connectivity index (χ1) is 15.5. The number of methoxy groups -OCH3 is 1. The summed E-state index contributed by atoms with van der Waals surface area (Å²) in [5.74, 6) is 1.96. The van der Waals surface area contributed by atoms with E-state index in [9.17, 15) is 9.59 Å². The van der Waals surface area contributed by atoms with Crippen molar-refractivity contribution in [3.05, 3.63) is 53.1 Å². The average Bonchev–Trinajstić information content (AvgIpc) is 2.82. The molecule has 1 N–H and O–H groups in total. The zero-order valence-corrected chi connectivity index (χ0v) is 19.1. The van der Waals surface area contributed by atoms with Gasteiger partial charge in [0.05, 0.1) is 17.7 Å². The lowest BCUT2D eigenvalue weighted by Crippen LogP contribution is -2.44. The van der Waals surface area contributed by atoms with Crippen LogP contribution in [0, 0.1) is 11.8 Å². The molecule has 0 bridgehead atoms. The molecule has 0 aromatic heterocycles. The summed E-state index contributed by atoms with van der Waals surface area (Å²) < 4.78 is 10.9. The van der Waals surface area contributed by atoms with E-state index >= 15 is 0 Å². The van der Waals surface area contributed by atoms with Crippen LogP contribution in [0.1, 0.15) is 42.5 Å². The highest BCUT2D eigenvalue weighted by Gasteiger charge is 2.33. The van der Waals surface area contributed by atoms with Crippen LogP contribution in [0.4, 0.5) is 5.69 Å². The Kier molecular flexibility index (Phi) is 7.20. The number of nitrogens with one attached hydrogen (secondary N) is 1. The SMILES string of the molecule is COc1ccc(NC(=O)COc2ccccc2C(=O)N2CC[C@H]3CCCC[C@H]3C2)cc1Cl. The fourth-order valence-corrected chi connectivity index (χ4v) is 5.07. The van der Waals surface area contributed by atoms with Gasteiger partial charge in [-0.2, -0.15) is 0 Å². The van der Waals surface area contributed by atoms with Crippen molar-refractivity contribution in [2.75, 3.05) is 32.1 Å². The van der Waals surface area contributed by atoms with Crippen LogP contribution in [-0.2, 0) is 4.79 Å². The lowest BCUT2D eigenvalue weighted by Gasteiger charge is -2.41. The summed E-state index contributed by atoms with van der Waals surface area (Å²) in [5.41, 5.74) is 1.05. The molecule has 7 heteroatoms. The lowest BCUT2D eigenvalue weighted by atomic mass is 9.75. The number of benzene rings is 2. The quantitative estimate of drug-likeness (QED) is 0.662. The first-order valence-corrected chi connectivity index (χ1v) is 11.6. The summed E-state index contributed by atoms with van der Waals surface area (Å²) in [7, 11) is 1.53. The third-order valence-electron chi connectivity index (χ3n) is 6.49. The number of nitrogens with zero attached hydrogens (tertiary/aromatic N) is 1. The maximum Gasteiger partial charge on any atom is 0.262 e. The second-order valence-electron chi connectivity index (χ2n) is 8.53. The molecule has 2 aromatic carbocycles. The van der Waals surface area contributed by atoms with Crippen molar-refractivity contribution in [1.29, 1.82) is 0 Å². The monoisotopic (exact) mass is 456 g/mol. The summed E-state index contributed by atoms with van der Waals surface area (Å²) in [5, 5.41) is 3.15. The van der Waals surface area contributed by atoms with Crippen LogP contribution in [0.2, 0.25) is 5.02 Å². The average molecular weight is 457 g/mol. The van der Waals surface area contributed by atoms with Crippen molar-refractivity contribution in [3.8, 4) is 11.5 Å². The minimum Gasteiger partial charge on any atom is -0.495 e. The molecule has 6 nitrogen and oxygen atoms in total. The minimum atomic E-state index is -0.337. The Labute approximate surface area is 193 Å². The van der Waals surface area contributed by atoms with Gasteiger partial charge < -0.3 is 19.7 Å². The number of rotatable bonds is 6. The number of anilines is 1. The number of likely N-dealkylation sites (tertiary alicyclic amines) is 1. The van der Waals surface area contributed by atoms with Gasteiger partial charge in [0.2, 0.25) is 0 Å². The van der Waals surface area contributed by atoms with E-state index in [4.69, 9.17) is 21.1 Å². The number of carbonyl (C=O) groups excluding carboxylic acids is 2. The zero-order chi connectivity index (χ0) is 22.5. The Hall–Kier alpha value is -2.73. The number of hydrogen-bond donors (Lipinski definition) is 1. The Morgan fingerprint density at radius 1 is 1.06 bits per heavy atom. The van der Waals surface area contributed by atoms with Gasteiger partial charge in [0.15, 0.2) is 6.61 Å². The fraction of sp³-hybridized carbons (Fsp3) is 0.440. The normalized spacial score (nSPS) is 20.2. The van der Waals surface area contributed by atoms with Gasteiger partial charge in [-0.1, -0.05) is 43.0 Å². The van der Waals surface area contributed by atoms with Gasteiger partial charge in [-0.3, -0.25) is 9.59 Å². The van der Waals surface area contributed by atoms with Crippen LogP contribution >= 0.6 is 11.6 Å². The number of hydrogen-bond acceptors (Lipinski definition) is 4. The standard InChI is InChI=1S/C25H29ClN2O4/c1-31-23-11-10-19(14-21(23)26)27-24(29)16-32-22-9-5-4-8-20(22)25(30)28-13-12-17-6-2-3-7-18(17)15-28/h4-5,8-11,14,17-18H,2-3,6-7,12-13,15-16H2,1H3,(H,27,29)/t17-,18+/m1/s1.